The van der Waals surface area contributed by atoms with Crippen LogP contribution in [0.2, 0.25) is 0 Å². The van der Waals surface area contributed by atoms with Crippen LogP contribution in [0.1, 0.15) is 22.4 Å². The first-order chi connectivity index (χ1) is 14.5. The number of hydrogen-bond donors (Lipinski definition) is 1. The first-order valence-electron chi connectivity index (χ1n) is 8.44. The van der Waals surface area contributed by atoms with Crippen LogP contribution in [0.4, 0.5) is 26.3 Å². The summed E-state index contributed by atoms with van der Waals surface area (Å²) in [5.41, 5.74) is -2.66. The second kappa shape index (κ2) is 8.17. The average molecular weight is 442 g/mol. The Labute approximate surface area is 171 Å². The second-order valence-corrected chi connectivity index (χ2v) is 6.17. The minimum atomic E-state index is -4.88. The van der Waals surface area contributed by atoms with E-state index in [1.807, 2.05) is 6.07 Å². The van der Waals surface area contributed by atoms with Crippen LogP contribution in [-0.2, 0) is 19.0 Å². The van der Waals surface area contributed by atoms with Gasteiger partial charge in [-0.05, 0) is 36.4 Å². The van der Waals surface area contributed by atoms with E-state index >= 15 is 0 Å². The molecule has 1 N–H and O–H groups in total. The highest BCUT2D eigenvalue weighted by molar-refractivity contribution is 5.67. The molecule has 0 bridgehead atoms. The van der Waals surface area contributed by atoms with Gasteiger partial charge < -0.3 is 9.47 Å². The van der Waals surface area contributed by atoms with Crippen LogP contribution in [0.15, 0.2) is 36.4 Å². The van der Waals surface area contributed by atoms with E-state index in [1.54, 1.807) is 0 Å². The summed E-state index contributed by atoms with van der Waals surface area (Å²) < 4.78 is 89.2. The molecule has 162 valence electrons. The number of aromatic nitrogens is 3. The summed E-state index contributed by atoms with van der Waals surface area (Å²) in [6.45, 7) is -0.817. The number of halogens is 6. The molecule has 0 aliphatic rings. The van der Waals surface area contributed by atoms with Gasteiger partial charge in [0.1, 0.15) is 18.4 Å². The van der Waals surface area contributed by atoms with Gasteiger partial charge in [0.15, 0.2) is 17.2 Å². The first-order valence-corrected chi connectivity index (χ1v) is 8.44. The number of benzene rings is 2. The standard InChI is InChI=1S/C19H12F6N4O2/c1-30-15-5-2-10(17-14(8-26)27-29-28-17)7-16(15)31-9-11-6-12(18(20,21)22)3-4-13(11)19(23,24)25/h2-7H,9H2,1H3,(H,27,28,29). The summed E-state index contributed by atoms with van der Waals surface area (Å²) in [7, 11) is 1.28. The van der Waals surface area contributed by atoms with E-state index in [-0.39, 0.29) is 22.9 Å². The monoisotopic (exact) mass is 442 g/mol. The number of ether oxygens (including phenoxy) is 2. The Morgan fingerprint density at radius 3 is 2.35 bits per heavy atom. The zero-order valence-electron chi connectivity index (χ0n) is 15.6. The summed E-state index contributed by atoms with van der Waals surface area (Å²) in [6, 6.07) is 7.22. The molecule has 0 saturated heterocycles. The molecular weight excluding hydrogens is 430 g/mol. The van der Waals surface area contributed by atoms with Crippen LogP contribution in [0.5, 0.6) is 11.5 Å². The van der Waals surface area contributed by atoms with Crippen molar-refractivity contribution in [3.63, 3.8) is 0 Å². The SMILES string of the molecule is COc1ccc(-c2nn[nH]c2C#N)cc1OCc1cc(C(F)(F)F)ccc1C(F)(F)F. The molecule has 0 spiro atoms. The molecule has 0 aliphatic heterocycles. The molecule has 0 atom stereocenters. The lowest BCUT2D eigenvalue weighted by atomic mass is 10.0. The normalized spacial score (nSPS) is 11.8. The molecule has 3 aromatic rings. The van der Waals surface area contributed by atoms with Crippen LogP contribution in [0.25, 0.3) is 11.3 Å². The third-order valence-electron chi connectivity index (χ3n) is 4.22. The summed E-state index contributed by atoms with van der Waals surface area (Å²) >= 11 is 0. The molecule has 12 heteroatoms. The van der Waals surface area contributed by atoms with E-state index in [0.717, 1.165) is 0 Å². The number of nitriles is 1. The van der Waals surface area contributed by atoms with Gasteiger partial charge in [0.2, 0.25) is 0 Å². The quantitative estimate of drug-likeness (QED) is 0.565. The lowest BCUT2D eigenvalue weighted by Gasteiger charge is -2.17. The van der Waals surface area contributed by atoms with Gasteiger partial charge in [-0.2, -0.15) is 31.6 Å². The number of rotatable bonds is 5. The largest absolute Gasteiger partial charge is 0.493 e. The number of H-pyrrole nitrogens is 1. The molecule has 1 aromatic heterocycles. The Kier molecular flexibility index (Phi) is 5.79. The summed E-state index contributed by atoms with van der Waals surface area (Å²) in [5.74, 6) is 0.0590. The van der Waals surface area contributed by atoms with Crippen molar-refractivity contribution < 1.29 is 35.8 Å². The van der Waals surface area contributed by atoms with E-state index in [2.05, 4.69) is 15.4 Å². The molecule has 0 aliphatic carbocycles. The molecule has 31 heavy (non-hydrogen) atoms. The number of hydrogen-bond acceptors (Lipinski definition) is 5. The van der Waals surface area contributed by atoms with Gasteiger partial charge in [0, 0.05) is 11.1 Å². The summed E-state index contributed by atoms with van der Waals surface area (Å²) in [6.07, 6.45) is -9.70. The first kappa shape index (κ1) is 21.9. The van der Waals surface area contributed by atoms with E-state index < -0.39 is 35.6 Å². The molecule has 0 unspecified atom stereocenters. The fraction of sp³-hybridized carbons (Fsp3) is 0.211. The number of methoxy groups -OCH3 is 1. The van der Waals surface area contributed by atoms with Crippen LogP contribution in [0, 0.1) is 11.3 Å². The molecule has 0 fully saturated rings. The van der Waals surface area contributed by atoms with Crippen molar-refractivity contribution in [2.75, 3.05) is 7.11 Å². The van der Waals surface area contributed by atoms with Crippen molar-refractivity contribution in [2.45, 2.75) is 19.0 Å². The van der Waals surface area contributed by atoms with Gasteiger partial charge in [-0.15, -0.1) is 5.10 Å². The Hall–Kier alpha value is -3.75. The predicted octanol–water partition coefficient (Wildman–Crippen LogP) is 4.97. The van der Waals surface area contributed by atoms with Gasteiger partial charge in [-0.1, -0.05) is 5.21 Å². The second-order valence-electron chi connectivity index (χ2n) is 6.17. The van der Waals surface area contributed by atoms with Gasteiger partial charge in [-0.3, -0.25) is 0 Å². The molecule has 0 amide bonds. The Morgan fingerprint density at radius 2 is 1.74 bits per heavy atom. The third-order valence-corrected chi connectivity index (χ3v) is 4.22. The lowest BCUT2D eigenvalue weighted by molar-refractivity contribution is -0.142. The van der Waals surface area contributed by atoms with Gasteiger partial charge >= 0.3 is 12.4 Å². The smallest absolute Gasteiger partial charge is 0.416 e. The zero-order valence-corrected chi connectivity index (χ0v) is 15.6. The fourth-order valence-electron chi connectivity index (χ4n) is 2.77. The minimum Gasteiger partial charge on any atom is -0.493 e. The zero-order chi connectivity index (χ0) is 22.8. The topological polar surface area (TPSA) is 83.8 Å². The van der Waals surface area contributed by atoms with Gasteiger partial charge in [-0.25, -0.2) is 5.10 Å². The fourth-order valence-corrected chi connectivity index (χ4v) is 2.77. The van der Waals surface area contributed by atoms with Crippen LogP contribution in [0.3, 0.4) is 0 Å². The van der Waals surface area contributed by atoms with Crippen molar-refractivity contribution in [1.29, 1.82) is 5.26 Å². The summed E-state index contributed by atoms with van der Waals surface area (Å²) in [5, 5.41) is 18.7. The number of aromatic amines is 1. The molecular formula is C19H12F6N4O2. The molecule has 3 rings (SSSR count). The van der Waals surface area contributed by atoms with Crippen LogP contribution < -0.4 is 9.47 Å². The molecule has 1 heterocycles. The Bertz CT molecular complexity index is 1130. The molecule has 2 aromatic carbocycles. The lowest BCUT2D eigenvalue weighted by Crippen LogP contribution is -2.14. The summed E-state index contributed by atoms with van der Waals surface area (Å²) in [4.78, 5) is 0. The molecule has 6 nitrogen and oxygen atoms in total. The highest BCUT2D eigenvalue weighted by atomic mass is 19.4. The molecule has 0 radical (unpaired) electrons. The highest BCUT2D eigenvalue weighted by Gasteiger charge is 2.37. The van der Waals surface area contributed by atoms with Crippen molar-refractivity contribution >= 4 is 0 Å². The van der Waals surface area contributed by atoms with E-state index in [4.69, 9.17) is 14.7 Å². The van der Waals surface area contributed by atoms with E-state index in [1.165, 1.54) is 25.3 Å². The van der Waals surface area contributed by atoms with Gasteiger partial charge in [0.05, 0.1) is 18.2 Å². The maximum atomic E-state index is 13.3. The number of nitrogens with zero attached hydrogens (tertiary/aromatic N) is 3. The maximum absolute atomic E-state index is 13.3. The average Bonchev–Trinajstić information content (AvgIpc) is 3.19. The van der Waals surface area contributed by atoms with E-state index in [0.29, 0.717) is 23.8 Å². The van der Waals surface area contributed by atoms with Crippen molar-refractivity contribution in [2.24, 2.45) is 0 Å². The van der Waals surface area contributed by atoms with E-state index in [9.17, 15) is 26.3 Å². The maximum Gasteiger partial charge on any atom is 0.416 e. The predicted molar refractivity (Wildman–Crippen MR) is 93.9 cm³/mol. The van der Waals surface area contributed by atoms with Crippen molar-refractivity contribution in [3.05, 3.63) is 58.8 Å². The van der Waals surface area contributed by atoms with Crippen molar-refractivity contribution in [1.82, 2.24) is 15.4 Å². The highest BCUT2D eigenvalue weighted by Crippen LogP contribution is 2.38. The van der Waals surface area contributed by atoms with Gasteiger partial charge in [0.25, 0.3) is 0 Å². The van der Waals surface area contributed by atoms with Crippen LogP contribution >= 0.6 is 0 Å². The van der Waals surface area contributed by atoms with Crippen molar-refractivity contribution in [3.8, 4) is 28.8 Å². The molecule has 0 saturated carbocycles. The van der Waals surface area contributed by atoms with Crippen LogP contribution in [-0.4, -0.2) is 22.5 Å². The number of alkyl halides is 6. The third kappa shape index (κ3) is 4.71. The number of nitrogens with one attached hydrogen (secondary N) is 1. The minimum absolute atomic E-state index is 0.0355. The Balaban J connectivity index is 1.98. The Morgan fingerprint density at radius 1 is 1.00 bits per heavy atom.